The van der Waals surface area contributed by atoms with Crippen LogP contribution in [0.1, 0.15) is 18.9 Å². The van der Waals surface area contributed by atoms with Gasteiger partial charge in [0.05, 0.1) is 6.10 Å². The van der Waals surface area contributed by atoms with Crippen molar-refractivity contribution in [2.24, 2.45) is 0 Å². The van der Waals surface area contributed by atoms with Gasteiger partial charge >= 0.3 is 0 Å². The van der Waals surface area contributed by atoms with E-state index in [0.29, 0.717) is 23.6 Å². The van der Waals surface area contributed by atoms with Crippen LogP contribution in [-0.2, 0) is 21.2 Å². The van der Waals surface area contributed by atoms with Crippen molar-refractivity contribution < 1.29 is 17.5 Å². The number of ether oxygens (including phenoxy) is 1. The molecule has 1 N–H and O–H groups in total. The molecule has 1 aliphatic heterocycles. The second-order valence-electron chi connectivity index (χ2n) is 4.79. The number of benzene rings is 1. The summed E-state index contributed by atoms with van der Waals surface area (Å²) in [5.41, 5.74) is 0.326. The Balaban J connectivity index is 1.96. The van der Waals surface area contributed by atoms with Crippen molar-refractivity contribution in [2.45, 2.75) is 31.1 Å². The molecule has 0 radical (unpaired) electrons. The van der Waals surface area contributed by atoms with E-state index in [9.17, 15) is 12.8 Å². The third kappa shape index (κ3) is 3.49. The van der Waals surface area contributed by atoms with Crippen LogP contribution in [0.5, 0.6) is 0 Å². The molecule has 1 heterocycles. The standard InChI is InChI=1S/C13H17ClFNO3S/c1-9-13(6-8-19-9)20(17,18)16-7-5-10-11(14)3-2-4-12(10)15/h2-4,9,13,16H,5-8H2,1H3/t9-,13+/m0/s1. The Morgan fingerprint density at radius 2 is 2.25 bits per heavy atom. The van der Waals surface area contributed by atoms with E-state index in [2.05, 4.69) is 4.72 Å². The monoisotopic (exact) mass is 321 g/mol. The first kappa shape index (κ1) is 15.7. The molecule has 0 aromatic heterocycles. The predicted molar refractivity (Wildman–Crippen MR) is 75.9 cm³/mol. The minimum atomic E-state index is -3.45. The highest BCUT2D eigenvalue weighted by atomic mass is 35.5. The molecule has 1 saturated heterocycles. The van der Waals surface area contributed by atoms with Crippen LogP contribution in [0.2, 0.25) is 5.02 Å². The molecule has 0 amide bonds. The van der Waals surface area contributed by atoms with E-state index in [4.69, 9.17) is 16.3 Å². The largest absolute Gasteiger partial charge is 0.377 e. The Labute approximate surface area is 123 Å². The quantitative estimate of drug-likeness (QED) is 0.903. The lowest BCUT2D eigenvalue weighted by atomic mass is 10.1. The third-order valence-corrected chi connectivity index (χ3v) is 5.82. The SMILES string of the molecule is C[C@@H]1OCC[C@H]1S(=O)(=O)NCCc1c(F)cccc1Cl. The molecule has 1 aliphatic rings. The van der Waals surface area contributed by atoms with Crippen molar-refractivity contribution in [3.8, 4) is 0 Å². The fraction of sp³-hybridized carbons (Fsp3) is 0.538. The van der Waals surface area contributed by atoms with E-state index in [1.165, 1.54) is 12.1 Å². The average molecular weight is 322 g/mol. The van der Waals surface area contributed by atoms with E-state index < -0.39 is 21.1 Å². The summed E-state index contributed by atoms with van der Waals surface area (Å²) >= 11 is 5.89. The molecule has 2 atom stereocenters. The molecule has 0 aliphatic carbocycles. The van der Waals surface area contributed by atoms with Crippen LogP contribution >= 0.6 is 11.6 Å². The van der Waals surface area contributed by atoms with Gasteiger partial charge in [0.15, 0.2) is 0 Å². The molecule has 0 saturated carbocycles. The van der Waals surface area contributed by atoms with E-state index in [1.807, 2.05) is 0 Å². The van der Waals surface area contributed by atoms with Crippen molar-refractivity contribution in [1.29, 1.82) is 0 Å². The maximum absolute atomic E-state index is 13.6. The van der Waals surface area contributed by atoms with Crippen LogP contribution < -0.4 is 4.72 Å². The Kier molecular flexibility index (Phi) is 5.01. The third-order valence-electron chi connectivity index (χ3n) is 3.45. The van der Waals surface area contributed by atoms with E-state index in [0.717, 1.165) is 0 Å². The van der Waals surface area contributed by atoms with E-state index in [-0.39, 0.29) is 19.1 Å². The van der Waals surface area contributed by atoms with Gasteiger partial charge in [-0.25, -0.2) is 17.5 Å². The van der Waals surface area contributed by atoms with Crippen LogP contribution in [0.4, 0.5) is 4.39 Å². The zero-order valence-electron chi connectivity index (χ0n) is 11.1. The van der Waals surface area contributed by atoms with Crippen molar-refractivity contribution in [2.75, 3.05) is 13.2 Å². The predicted octanol–water partition coefficient (Wildman–Crippen LogP) is 2.12. The van der Waals surface area contributed by atoms with Gasteiger partial charge in [0.2, 0.25) is 10.0 Å². The van der Waals surface area contributed by atoms with Gasteiger partial charge in [-0.2, -0.15) is 0 Å². The smallest absolute Gasteiger partial charge is 0.217 e. The number of hydrogen-bond acceptors (Lipinski definition) is 3. The van der Waals surface area contributed by atoms with Crippen LogP contribution in [0, 0.1) is 5.82 Å². The highest BCUT2D eigenvalue weighted by Gasteiger charge is 2.35. The summed E-state index contributed by atoms with van der Waals surface area (Å²) in [7, 11) is -3.45. The second kappa shape index (κ2) is 6.39. The molecule has 0 spiro atoms. The van der Waals surface area contributed by atoms with Gasteiger partial charge < -0.3 is 4.74 Å². The van der Waals surface area contributed by atoms with Crippen LogP contribution in [0.3, 0.4) is 0 Å². The first-order valence-corrected chi connectivity index (χ1v) is 8.37. The minimum Gasteiger partial charge on any atom is -0.377 e. The zero-order chi connectivity index (χ0) is 14.8. The van der Waals surface area contributed by atoms with E-state index in [1.54, 1.807) is 13.0 Å². The Bertz CT molecular complexity index is 559. The summed E-state index contributed by atoms with van der Waals surface area (Å²) in [6, 6.07) is 4.41. The van der Waals surface area contributed by atoms with Crippen molar-refractivity contribution in [1.82, 2.24) is 4.72 Å². The normalized spacial score (nSPS) is 23.1. The van der Waals surface area contributed by atoms with Crippen LogP contribution in [0.15, 0.2) is 18.2 Å². The van der Waals surface area contributed by atoms with E-state index >= 15 is 0 Å². The van der Waals surface area contributed by atoms with Crippen LogP contribution in [-0.4, -0.2) is 32.9 Å². The fourth-order valence-corrected chi connectivity index (χ4v) is 4.16. The lowest BCUT2D eigenvalue weighted by molar-refractivity contribution is 0.126. The number of hydrogen-bond donors (Lipinski definition) is 1. The molecule has 1 aromatic carbocycles. The second-order valence-corrected chi connectivity index (χ2v) is 7.18. The molecule has 4 nitrogen and oxygen atoms in total. The number of nitrogens with one attached hydrogen (secondary N) is 1. The van der Waals surface area contributed by atoms with Gasteiger partial charge in [0, 0.05) is 23.7 Å². The zero-order valence-corrected chi connectivity index (χ0v) is 12.7. The highest BCUT2D eigenvalue weighted by molar-refractivity contribution is 7.90. The van der Waals surface area contributed by atoms with Crippen molar-refractivity contribution in [3.63, 3.8) is 0 Å². The number of rotatable bonds is 5. The lowest BCUT2D eigenvalue weighted by Gasteiger charge is -2.16. The molecule has 112 valence electrons. The van der Waals surface area contributed by atoms with Crippen LogP contribution in [0.25, 0.3) is 0 Å². The van der Waals surface area contributed by atoms with Gasteiger partial charge in [-0.1, -0.05) is 17.7 Å². The molecule has 1 fully saturated rings. The topological polar surface area (TPSA) is 55.4 Å². The molecule has 0 unspecified atom stereocenters. The van der Waals surface area contributed by atoms with Gasteiger partial charge in [-0.3, -0.25) is 0 Å². The first-order valence-electron chi connectivity index (χ1n) is 6.45. The summed E-state index contributed by atoms with van der Waals surface area (Å²) in [4.78, 5) is 0. The average Bonchev–Trinajstić information content (AvgIpc) is 2.80. The molecule has 20 heavy (non-hydrogen) atoms. The summed E-state index contributed by atoms with van der Waals surface area (Å²) in [5.74, 6) is -0.422. The number of halogens is 2. The first-order chi connectivity index (χ1) is 9.42. The molecular weight excluding hydrogens is 305 g/mol. The Morgan fingerprint density at radius 1 is 1.50 bits per heavy atom. The molecule has 0 bridgehead atoms. The van der Waals surface area contributed by atoms with Gasteiger partial charge in [-0.15, -0.1) is 0 Å². The summed E-state index contributed by atoms with van der Waals surface area (Å²) in [6.45, 7) is 2.31. The Hall–Kier alpha value is -0.690. The maximum Gasteiger partial charge on any atom is 0.217 e. The fourth-order valence-electron chi connectivity index (χ4n) is 2.32. The highest BCUT2D eigenvalue weighted by Crippen LogP contribution is 2.21. The van der Waals surface area contributed by atoms with Crippen molar-refractivity contribution >= 4 is 21.6 Å². The summed E-state index contributed by atoms with van der Waals surface area (Å²) < 4.78 is 45.5. The molecule has 1 aromatic rings. The Morgan fingerprint density at radius 3 is 2.85 bits per heavy atom. The number of sulfonamides is 1. The minimum absolute atomic E-state index is 0.117. The maximum atomic E-state index is 13.6. The van der Waals surface area contributed by atoms with Gasteiger partial charge in [0.1, 0.15) is 11.1 Å². The molecule has 2 rings (SSSR count). The van der Waals surface area contributed by atoms with Crippen molar-refractivity contribution in [3.05, 3.63) is 34.6 Å². The van der Waals surface area contributed by atoms with Gasteiger partial charge in [-0.05, 0) is 31.9 Å². The summed E-state index contributed by atoms with van der Waals surface area (Å²) in [6.07, 6.45) is 0.383. The van der Waals surface area contributed by atoms with Gasteiger partial charge in [0.25, 0.3) is 0 Å². The lowest BCUT2D eigenvalue weighted by Crippen LogP contribution is -2.39. The summed E-state index contributed by atoms with van der Waals surface area (Å²) in [5, 5.41) is -0.236. The molecular formula is C13H17ClFNO3S. The molecule has 7 heteroatoms.